The molecule has 0 aliphatic rings. The molecule has 0 aliphatic carbocycles. The largest absolute Gasteiger partial charge is 0.234 e. The van der Waals surface area contributed by atoms with Crippen LogP contribution in [0.4, 0.5) is 0 Å². The van der Waals surface area contributed by atoms with E-state index in [1.54, 1.807) is 5.94 Å². The molecule has 1 nitrogen and oxygen atoms in total. The highest BCUT2D eigenvalue weighted by atomic mass is 35.5. The molecular weight excluding hydrogens is 118 g/mol. The summed E-state index contributed by atoms with van der Waals surface area (Å²) < 4.78 is 0. The van der Waals surface area contributed by atoms with Gasteiger partial charge < -0.3 is 0 Å². The van der Waals surface area contributed by atoms with Gasteiger partial charge in [0.1, 0.15) is 5.94 Å². The maximum absolute atomic E-state index is 9.21. The van der Waals surface area contributed by atoms with E-state index in [1.807, 2.05) is 0 Å². The van der Waals surface area contributed by atoms with Gasteiger partial charge in [-0.15, -0.1) is 21.6 Å². The Hall–Kier alpha value is 0.170. The molecule has 0 saturated carbocycles. The molecule has 0 aromatic rings. The van der Waals surface area contributed by atoms with Gasteiger partial charge in [-0.1, -0.05) is 0 Å². The van der Waals surface area contributed by atoms with E-state index in [4.69, 9.17) is 0 Å². The van der Waals surface area contributed by atoms with Gasteiger partial charge in [-0.2, -0.15) is 0 Å². The third-order valence-corrected chi connectivity index (χ3v) is 0.437. The predicted octanol–water partition coefficient (Wildman–Crippen LogP) is 0.671. The Bertz CT molecular complexity index is 57.8. The van der Waals surface area contributed by atoms with Crippen LogP contribution in [-0.2, 0) is 4.79 Å². The summed E-state index contributed by atoms with van der Waals surface area (Å²) in [5.41, 5.74) is 0. The van der Waals surface area contributed by atoms with Crippen LogP contribution < -0.4 is 0 Å². The minimum absolute atomic E-state index is 0. The van der Waals surface area contributed by atoms with Gasteiger partial charge in [0.2, 0.25) is 0 Å². The van der Waals surface area contributed by atoms with Gasteiger partial charge in [0, 0.05) is 6.08 Å². The highest BCUT2D eigenvalue weighted by Gasteiger charge is 1.53. The molecule has 6 heavy (non-hydrogen) atoms. The lowest BCUT2D eigenvalue weighted by atomic mass is 10.8. The summed E-state index contributed by atoms with van der Waals surface area (Å²) >= 11 is 0. The summed E-state index contributed by atoms with van der Waals surface area (Å²) in [6.45, 7) is 0. The molecule has 0 saturated heterocycles. The van der Waals surface area contributed by atoms with Gasteiger partial charge >= 0.3 is 0 Å². The van der Waals surface area contributed by atoms with Crippen molar-refractivity contribution in [1.29, 1.82) is 0 Å². The summed E-state index contributed by atoms with van der Waals surface area (Å²) in [7, 11) is 2.38. The molecule has 0 aromatic heterocycles. The topological polar surface area (TPSA) is 17.1 Å². The summed E-state index contributed by atoms with van der Waals surface area (Å²) in [6, 6.07) is 0. The van der Waals surface area contributed by atoms with E-state index in [9.17, 15) is 4.79 Å². The molecule has 36 valence electrons. The van der Waals surface area contributed by atoms with Crippen LogP contribution in [0.15, 0.2) is 6.08 Å². The van der Waals surface area contributed by atoms with Gasteiger partial charge in [0.05, 0.1) is 0 Å². The lowest BCUT2D eigenvalue weighted by molar-refractivity contribution is 0.568. The second-order valence-corrected chi connectivity index (χ2v) is 1.03. The molecule has 1 atom stereocenters. The molecule has 0 aliphatic heterocycles. The summed E-state index contributed by atoms with van der Waals surface area (Å²) in [4.78, 5) is 9.21. The summed E-state index contributed by atoms with van der Waals surface area (Å²) in [5, 5.41) is 0. The predicted molar refractivity (Wildman–Crippen MR) is 32.1 cm³/mol. The van der Waals surface area contributed by atoms with E-state index in [-0.39, 0.29) is 12.4 Å². The van der Waals surface area contributed by atoms with E-state index in [0.29, 0.717) is 6.16 Å². The Labute approximate surface area is 45.4 Å². The molecule has 0 aromatic carbocycles. The molecule has 0 fully saturated rings. The highest BCUT2D eigenvalue weighted by Crippen LogP contribution is 1.73. The summed E-state index contributed by atoms with van der Waals surface area (Å²) in [5.74, 6) is 1.62. The fourth-order valence-electron chi connectivity index (χ4n) is 0.0481. The Morgan fingerprint density at radius 1 is 1.83 bits per heavy atom. The standard InChI is InChI=1S/C3H5OP.ClH/c4-2-1-3-5;/h1H,3,5H2;1H. The van der Waals surface area contributed by atoms with Gasteiger partial charge in [-0.25, -0.2) is 4.79 Å². The van der Waals surface area contributed by atoms with Crippen molar-refractivity contribution >= 4 is 27.6 Å². The highest BCUT2D eigenvalue weighted by molar-refractivity contribution is 7.16. The van der Waals surface area contributed by atoms with Crippen molar-refractivity contribution in [2.75, 3.05) is 6.16 Å². The van der Waals surface area contributed by atoms with Crippen molar-refractivity contribution in [3.05, 3.63) is 6.08 Å². The van der Waals surface area contributed by atoms with Crippen molar-refractivity contribution in [2.24, 2.45) is 0 Å². The first-order chi connectivity index (χ1) is 2.41. The molecule has 0 bridgehead atoms. The van der Waals surface area contributed by atoms with Crippen LogP contribution in [0.2, 0.25) is 0 Å². The normalized spacial score (nSPS) is 4.83. The van der Waals surface area contributed by atoms with Crippen LogP contribution in [0.1, 0.15) is 0 Å². The van der Waals surface area contributed by atoms with Crippen LogP contribution in [0, 0.1) is 0 Å². The Morgan fingerprint density at radius 3 is 2.33 bits per heavy atom. The molecule has 0 rings (SSSR count). The van der Waals surface area contributed by atoms with E-state index in [0.717, 1.165) is 0 Å². The van der Waals surface area contributed by atoms with Crippen LogP contribution in [0.3, 0.4) is 0 Å². The van der Waals surface area contributed by atoms with E-state index in [2.05, 4.69) is 9.24 Å². The van der Waals surface area contributed by atoms with Crippen molar-refractivity contribution < 1.29 is 4.79 Å². The Balaban J connectivity index is 0. The molecule has 0 N–H and O–H groups in total. The number of hydrogen-bond donors (Lipinski definition) is 0. The van der Waals surface area contributed by atoms with Crippen molar-refractivity contribution in [1.82, 2.24) is 0 Å². The first-order valence-electron chi connectivity index (χ1n) is 1.31. The molecule has 0 amide bonds. The molecule has 0 radical (unpaired) electrons. The molecule has 3 heteroatoms. The maximum atomic E-state index is 9.21. The van der Waals surface area contributed by atoms with E-state index < -0.39 is 0 Å². The number of allylic oxidation sites excluding steroid dienone is 1. The monoisotopic (exact) mass is 124 g/mol. The third kappa shape index (κ3) is 8.90. The lowest BCUT2D eigenvalue weighted by Gasteiger charge is -1.56. The number of halogens is 1. The first-order valence-corrected chi connectivity index (χ1v) is 2.13. The van der Waals surface area contributed by atoms with E-state index in [1.165, 1.54) is 6.08 Å². The van der Waals surface area contributed by atoms with Crippen molar-refractivity contribution in [3.8, 4) is 0 Å². The zero-order chi connectivity index (χ0) is 4.12. The van der Waals surface area contributed by atoms with Crippen LogP contribution in [-0.4, -0.2) is 12.1 Å². The smallest absolute Gasteiger partial charge is 0.120 e. The number of hydrogen-bond acceptors (Lipinski definition) is 1. The molecule has 0 spiro atoms. The minimum Gasteiger partial charge on any atom is -0.234 e. The number of rotatable bonds is 1. The zero-order valence-electron chi connectivity index (χ0n) is 3.18. The molecule has 1 unspecified atom stereocenters. The number of carbonyl (C=O) groups excluding carboxylic acids is 1. The average molecular weight is 125 g/mol. The third-order valence-electron chi connectivity index (χ3n) is 0.201. The van der Waals surface area contributed by atoms with Crippen LogP contribution >= 0.6 is 21.6 Å². The van der Waals surface area contributed by atoms with E-state index >= 15 is 0 Å². The fourth-order valence-corrected chi connectivity index (χ4v) is 0.144. The van der Waals surface area contributed by atoms with Crippen molar-refractivity contribution in [2.45, 2.75) is 0 Å². The van der Waals surface area contributed by atoms with Gasteiger partial charge in [-0.05, 0) is 6.16 Å². The maximum Gasteiger partial charge on any atom is 0.120 e. The Morgan fingerprint density at radius 2 is 2.33 bits per heavy atom. The lowest BCUT2D eigenvalue weighted by Crippen LogP contribution is -1.52. The van der Waals surface area contributed by atoms with Gasteiger partial charge in [-0.3, -0.25) is 0 Å². The van der Waals surface area contributed by atoms with Crippen LogP contribution in [0.25, 0.3) is 0 Å². The SMILES string of the molecule is Cl.O=C=CCP. The summed E-state index contributed by atoms with van der Waals surface area (Å²) in [6.07, 6.45) is 2.12. The fraction of sp³-hybridized carbons (Fsp3) is 0.333. The van der Waals surface area contributed by atoms with Crippen molar-refractivity contribution in [3.63, 3.8) is 0 Å². The first kappa shape index (κ1) is 9.48. The second kappa shape index (κ2) is 8.95. The zero-order valence-corrected chi connectivity index (χ0v) is 5.15. The van der Waals surface area contributed by atoms with Gasteiger partial charge in [0.25, 0.3) is 0 Å². The Kier molecular flexibility index (Phi) is 14.1. The molecular formula is C3H6ClOP. The average Bonchev–Trinajstić information content (AvgIpc) is 1.41. The minimum atomic E-state index is 0. The quantitative estimate of drug-likeness (QED) is 0.371. The second-order valence-electron chi connectivity index (χ2n) is 0.558. The van der Waals surface area contributed by atoms with Gasteiger partial charge in [0.15, 0.2) is 0 Å². The molecule has 0 heterocycles. The van der Waals surface area contributed by atoms with Crippen LogP contribution in [0.5, 0.6) is 0 Å².